The number of allylic oxidation sites excluding steroid dienone is 2. The first-order chi connectivity index (χ1) is 12.9. The Labute approximate surface area is 162 Å². The normalized spacial score (nSPS) is 30.1. The van der Waals surface area contributed by atoms with Crippen LogP contribution in [0.15, 0.2) is 12.2 Å². The summed E-state index contributed by atoms with van der Waals surface area (Å²) in [7, 11) is 0. The van der Waals surface area contributed by atoms with Crippen molar-refractivity contribution in [2.24, 2.45) is 23.7 Å². The molecule has 144 valence electrons. The van der Waals surface area contributed by atoms with Crippen LogP contribution in [-0.4, -0.2) is 38.9 Å². The molecule has 7 nitrogen and oxygen atoms in total. The van der Waals surface area contributed by atoms with Crippen LogP contribution in [0.1, 0.15) is 51.0 Å². The monoisotopic (exact) mass is 388 g/mol. The van der Waals surface area contributed by atoms with E-state index in [0.29, 0.717) is 11.6 Å². The van der Waals surface area contributed by atoms with Crippen molar-refractivity contribution in [1.82, 2.24) is 15.1 Å². The van der Waals surface area contributed by atoms with E-state index in [4.69, 9.17) is 0 Å². The smallest absolute Gasteiger partial charge is 0.249 e. The Bertz CT molecular complexity index is 786. The minimum Gasteiger partial charge on any atom is -0.299 e. The molecule has 3 aliphatic carbocycles. The third-order valence-corrected chi connectivity index (χ3v) is 7.10. The first-order valence-electron chi connectivity index (χ1n) is 9.61. The fourth-order valence-electron chi connectivity index (χ4n) is 4.60. The molecule has 1 saturated carbocycles. The summed E-state index contributed by atoms with van der Waals surface area (Å²) in [5.41, 5.74) is 0. The molecule has 0 radical (unpaired) electrons. The van der Waals surface area contributed by atoms with Gasteiger partial charge in [-0.3, -0.25) is 24.6 Å². The number of fused-ring (bicyclic) bond motifs is 1. The fraction of sp³-hybridized carbons (Fsp3) is 0.632. The van der Waals surface area contributed by atoms with E-state index in [1.807, 2.05) is 20.8 Å². The topological polar surface area (TPSA) is 92.3 Å². The lowest BCUT2D eigenvalue weighted by Crippen LogP contribution is -2.47. The largest absolute Gasteiger partial charge is 0.299 e. The number of hydrogen-bond donors (Lipinski definition) is 1. The van der Waals surface area contributed by atoms with Crippen LogP contribution in [0.5, 0.6) is 0 Å². The molecule has 5 rings (SSSR count). The Balaban J connectivity index is 1.54. The molecule has 0 spiro atoms. The van der Waals surface area contributed by atoms with Crippen molar-refractivity contribution in [3.05, 3.63) is 17.2 Å². The number of hydrogen-bond acceptors (Lipinski definition) is 6. The van der Waals surface area contributed by atoms with Gasteiger partial charge in [-0.2, -0.15) is 0 Å². The molecule has 1 aromatic heterocycles. The van der Waals surface area contributed by atoms with E-state index in [9.17, 15) is 14.4 Å². The summed E-state index contributed by atoms with van der Waals surface area (Å²) < 4.78 is 0. The zero-order valence-electron chi connectivity index (χ0n) is 15.7. The molecular formula is C19H24N4O3S. The highest BCUT2D eigenvalue weighted by Gasteiger charge is 2.58. The molecule has 1 saturated heterocycles. The van der Waals surface area contributed by atoms with Gasteiger partial charge in [-0.05, 0) is 31.1 Å². The molecule has 5 atom stereocenters. The number of anilines is 1. The fourth-order valence-corrected chi connectivity index (χ4v) is 5.35. The van der Waals surface area contributed by atoms with E-state index < -0.39 is 6.04 Å². The van der Waals surface area contributed by atoms with Crippen molar-refractivity contribution in [2.75, 3.05) is 5.32 Å². The van der Waals surface area contributed by atoms with Crippen LogP contribution < -0.4 is 5.32 Å². The molecule has 0 aromatic carbocycles. The van der Waals surface area contributed by atoms with Crippen molar-refractivity contribution in [2.45, 2.75) is 52.0 Å². The van der Waals surface area contributed by atoms with Crippen LogP contribution in [0.4, 0.5) is 5.13 Å². The molecule has 4 aliphatic rings. The minimum absolute atomic E-state index is 0.124. The van der Waals surface area contributed by atoms with Gasteiger partial charge in [-0.15, -0.1) is 10.2 Å². The highest BCUT2D eigenvalue weighted by molar-refractivity contribution is 7.15. The highest BCUT2D eigenvalue weighted by Crippen LogP contribution is 2.50. The summed E-state index contributed by atoms with van der Waals surface area (Å²) in [6, 6.07) is -0.804. The number of imide groups is 1. The van der Waals surface area contributed by atoms with Crippen molar-refractivity contribution in [1.29, 1.82) is 0 Å². The maximum absolute atomic E-state index is 13.1. The SMILES string of the molecule is CC[C@H](C(=O)Nc1nnc(C(C)C)s1)N1C(=O)[C@H]2[C@H](C1=O)[C@H]1C=C[C@H]2CC1. The summed E-state index contributed by atoms with van der Waals surface area (Å²) in [5, 5.41) is 12.1. The van der Waals surface area contributed by atoms with Crippen LogP contribution >= 0.6 is 11.3 Å². The zero-order chi connectivity index (χ0) is 19.3. The second-order valence-electron chi connectivity index (χ2n) is 7.90. The Morgan fingerprint density at radius 1 is 1.19 bits per heavy atom. The molecule has 1 aliphatic heterocycles. The maximum atomic E-state index is 13.1. The Morgan fingerprint density at radius 3 is 2.22 bits per heavy atom. The van der Waals surface area contributed by atoms with Gasteiger partial charge in [0.15, 0.2) is 0 Å². The van der Waals surface area contributed by atoms with Crippen molar-refractivity contribution < 1.29 is 14.4 Å². The van der Waals surface area contributed by atoms with Crippen LogP contribution in [0.25, 0.3) is 0 Å². The molecule has 8 heteroatoms. The van der Waals surface area contributed by atoms with Gasteiger partial charge in [0.1, 0.15) is 11.0 Å². The second kappa shape index (κ2) is 6.82. The number of carbonyl (C=O) groups is 3. The van der Waals surface area contributed by atoms with Crippen LogP contribution in [-0.2, 0) is 14.4 Å². The van der Waals surface area contributed by atoms with Gasteiger partial charge in [0.05, 0.1) is 11.8 Å². The third kappa shape index (κ3) is 2.90. The van der Waals surface area contributed by atoms with Crippen molar-refractivity contribution in [3.63, 3.8) is 0 Å². The average Bonchev–Trinajstić information content (AvgIpc) is 3.23. The van der Waals surface area contributed by atoms with E-state index in [0.717, 1.165) is 17.8 Å². The van der Waals surface area contributed by atoms with Gasteiger partial charge in [0.25, 0.3) is 0 Å². The molecule has 1 aromatic rings. The standard InChI is InChI=1S/C19H24N4O3S/c1-4-12(15(24)20-19-22-21-16(27-19)9(2)3)23-17(25)13-10-5-6-11(8-7-10)14(13)18(23)26/h5-6,9-14H,4,7-8H2,1-3H3,(H,20,22,24)/t10-,11-,12+,13+,14+/m0/s1. The lowest BCUT2D eigenvalue weighted by atomic mass is 9.63. The summed E-state index contributed by atoms with van der Waals surface area (Å²) >= 11 is 1.32. The van der Waals surface area contributed by atoms with E-state index in [-0.39, 0.29) is 47.3 Å². The summed E-state index contributed by atoms with van der Waals surface area (Å²) in [6.07, 6.45) is 6.43. The van der Waals surface area contributed by atoms with Crippen LogP contribution in [0.2, 0.25) is 0 Å². The lowest BCUT2D eigenvalue weighted by molar-refractivity contribution is -0.146. The number of aromatic nitrogens is 2. The van der Waals surface area contributed by atoms with E-state index in [1.54, 1.807) is 0 Å². The van der Waals surface area contributed by atoms with Crippen molar-refractivity contribution in [3.8, 4) is 0 Å². The molecule has 2 fully saturated rings. The Hall–Kier alpha value is -2.09. The number of rotatable bonds is 5. The summed E-state index contributed by atoms with van der Waals surface area (Å²) in [4.78, 5) is 40.2. The van der Waals surface area contributed by atoms with Gasteiger partial charge in [-0.1, -0.05) is 44.3 Å². The molecule has 2 heterocycles. The molecule has 3 amide bonds. The highest BCUT2D eigenvalue weighted by atomic mass is 32.1. The number of carbonyl (C=O) groups excluding carboxylic acids is 3. The van der Waals surface area contributed by atoms with Gasteiger partial charge < -0.3 is 0 Å². The first-order valence-corrected chi connectivity index (χ1v) is 10.4. The quantitative estimate of drug-likeness (QED) is 0.618. The molecule has 27 heavy (non-hydrogen) atoms. The predicted molar refractivity (Wildman–Crippen MR) is 101 cm³/mol. The lowest BCUT2D eigenvalue weighted by Gasteiger charge is -2.38. The average molecular weight is 388 g/mol. The molecule has 1 N–H and O–H groups in total. The summed E-state index contributed by atoms with van der Waals surface area (Å²) in [6.45, 7) is 5.83. The molecular weight excluding hydrogens is 364 g/mol. The van der Waals surface area contributed by atoms with Gasteiger partial charge >= 0.3 is 0 Å². The van der Waals surface area contributed by atoms with Crippen LogP contribution in [0, 0.1) is 23.7 Å². The Kier molecular flexibility index (Phi) is 4.61. The molecule has 2 bridgehead atoms. The van der Waals surface area contributed by atoms with Gasteiger partial charge in [0.2, 0.25) is 22.9 Å². The molecule has 0 unspecified atom stereocenters. The van der Waals surface area contributed by atoms with E-state index in [2.05, 4.69) is 27.7 Å². The second-order valence-corrected chi connectivity index (χ2v) is 8.91. The maximum Gasteiger partial charge on any atom is 0.249 e. The van der Waals surface area contributed by atoms with Gasteiger partial charge in [-0.25, -0.2) is 0 Å². The van der Waals surface area contributed by atoms with E-state index >= 15 is 0 Å². The Morgan fingerprint density at radius 2 is 1.78 bits per heavy atom. The third-order valence-electron chi connectivity index (χ3n) is 5.96. The summed E-state index contributed by atoms with van der Waals surface area (Å²) in [5.74, 6) is -0.864. The number of likely N-dealkylation sites (tertiary alicyclic amines) is 1. The van der Waals surface area contributed by atoms with E-state index in [1.165, 1.54) is 16.2 Å². The first kappa shape index (κ1) is 18.3. The van der Waals surface area contributed by atoms with Crippen molar-refractivity contribution >= 4 is 34.2 Å². The minimum atomic E-state index is -0.804. The zero-order valence-corrected chi connectivity index (χ0v) is 16.5. The van der Waals surface area contributed by atoms with Gasteiger partial charge in [0, 0.05) is 5.92 Å². The van der Waals surface area contributed by atoms with Crippen LogP contribution in [0.3, 0.4) is 0 Å². The number of nitrogens with one attached hydrogen (secondary N) is 1. The predicted octanol–water partition coefficient (Wildman–Crippen LogP) is 2.58. The number of nitrogens with zero attached hydrogens (tertiary/aromatic N) is 3. The number of amides is 3.